The summed E-state index contributed by atoms with van der Waals surface area (Å²) < 4.78 is -0.744. The van der Waals surface area contributed by atoms with Gasteiger partial charge in [0, 0.05) is 24.7 Å². The molecule has 1 saturated heterocycles. The second-order valence-electron chi connectivity index (χ2n) is 6.95. The largest absolute Gasteiger partial charge is 1.00 e. The lowest BCUT2D eigenvalue weighted by molar-refractivity contribution is -1.18. The zero-order valence-corrected chi connectivity index (χ0v) is 16.5. The molecular formula is C19H23ClN4O5. The molecule has 1 aromatic rings. The van der Waals surface area contributed by atoms with Gasteiger partial charge in [0.05, 0.1) is 6.61 Å². The molecule has 156 valence electrons. The molecule has 1 aromatic carbocycles. The van der Waals surface area contributed by atoms with Crippen molar-refractivity contribution in [3.63, 3.8) is 0 Å². The first-order chi connectivity index (χ1) is 13.4. The monoisotopic (exact) mass is 422 g/mol. The number of aliphatic hydroxyl groups is 1. The van der Waals surface area contributed by atoms with Gasteiger partial charge in [-0.3, -0.25) is 10.0 Å². The number of nitrogens with zero attached hydrogens (tertiary/aromatic N) is 4. The van der Waals surface area contributed by atoms with Gasteiger partial charge >= 0.3 is 0 Å². The number of carbonyl (C=O) groups is 1. The first-order valence-electron chi connectivity index (χ1n) is 9.10. The summed E-state index contributed by atoms with van der Waals surface area (Å²) >= 11 is 0. The molecule has 3 atom stereocenters. The van der Waals surface area contributed by atoms with E-state index in [1.165, 1.54) is 35.5 Å². The van der Waals surface area contributed by atoms with Crippen LogP contribution in [-0.2, 0) is 0 Å². The van der Waals surface area contributed by atoms with Gasteiger partial charge in [0.1, 0.15) is 5.75 Å². The minimum atomic E-state index is -1.50. The van der Waals surface area contributed by atoms with Gasteiger partial charge in [-0.2, -0.15) is 10.3 Å². The molecule has 10 heteroatoms. The van der Waals surface area contributed by atoms with E-state index < -0.39 is 16.6 Å². The fourth-order valence-corrected chi connectivity index (χ4v) is 4.17. The van der Waals surface area contributed by atoms with Crippen LogP contribution in [0, 0.1) is 0 Å². The van der Waals surface area contributed by atoms with Crippen molar-refractivity contribution in [1.29, 1.82) is 0 Å². The third kappa shape index (κ3) is 2.74. The number of benzene rings is 1. The quantitative estimate of drug-likeness (QED) is 0.318. The summed E-state index contributed by atoms with van der Waals surface area (Å²) in [6.07, 6.45) is 7.98. The number of phenols is 1. The third-order valence-corrected chi connectivity index (χ3v) is 5.43. The topological polar surface area (TPSA) is 108 Å². The van der Waals surface area contributed by atoms with Crippen LogP contribution in [0.4, 0.5) is 0 Å². The number of β-amino-alcohol motifs (C(OH)–C–C–N with tert-alkyl or cyclic N) is 1. The molecule has 0 saturated carbocycles. The number of ketones is 1. The van der Waals surface area contributed by atoms with Crippen LogP contribution in [0.3, 0.4) is 0 Å². The number of phenolic OH excluding ortho intramolecular Hbond substituents is 1. The molecule has 4 aliphatic rings. The van der Waals surface area contributed by atoms with Crippen LogP contribution in [-0.4, -0.2) is 71.1 Å². The standard InChI is InChI=1S/C19H22N4O5.ClH/c1-2-17-21(27)16-13-23(17,28)22(16)19(9-3-4-10-20(19)11-12-24)18(26)14-5-7-15(25)8-6-14;/h3-10,13,17,24,27-28H,2,11-12H2,1H3;1H. The molecule has 4 aliphatic heterocycles. The molecule has 4 N–H and O–H groups in total. The van der Waals surface area contributed by atoms with E-state index in [9.17, 15) is 25.4 Å². The van der Waals surface area contributed by atoms with Crippen LogP contribution in [0.5, 0.6) is 5.75 Å². The number of allylic oxidation sites excluding steroid dienone is 2. The Hall–Kier alpha value is -2.56. The fraction of sp³-hybridized carbons (Fsp3) is 0.316. The van der Waals surface area contributed by atoms with Crippen LogP contribution in [0.15, 0.2) is 60.7 Å². The Morgan fingerprint density at radius 1 is 1.24 bits per heavy atom. The van der Waals surface area contributed by atoms with Gasteiger partial charge in [-0.25, -0.2) is 0 Å². The Balaban J connectivity index is 0.00000240. The van der Waals surface area contributed by atoms with Crippen LogP contribution >= 0.6 is 0 Å². The number of rotatable bonds is 6. The molecule has 0 amide bonds. The molecule has 3 unspecified atom stereocenters. The van der Waals surface area contributed by atoms with Gasteiger partial charge in [-0.15, -0.1) is 5.01 Å². The zero-order valence-electron chi connectivity index (χ0n) is 15.8. The predicted octanol–water partition coefficient (Wildman–Crippen LogP) is -1.67. The number of carbonyl (C=O) groups excluding carboxylic acids is 1. The maximum Gasteiger partial charge on any atom is 0.249 e. The first-order valence-corrected chi connectivity index (χ1v) is 9.10. The normalized spacial score (nSPS) is 29.4. The number of aromatic hydroxyl groups is 1. The summed E-state index contributed by atoms with van der Waals surface area (Å²) in [4.78, 5) is 15.4. The lowest BCUT2D eigenvalue weighted by Gasteiger charge is -2.51. The van der Waals surface area contributed by atoms with Gasteiger partial charge in [-0.1, -0.05) is 13.0 Å². The van der Waals surface area contributed by atoms with Crippen LogP contribution in [0.2, 0.25) is 0 Å². The van der Waals surface area contributed by atoms with Crippen molar-refractivity contribution < 1.29 is 42.6 Å². The highest BCUT2D eigenvalue weighted by Gasteiger charge is 2.73. The number of Topliss-reactive ketones (excluding diaryl/α,β-unsaturated/α-hetero) is 1. The van der Waals surface area contributed by atoms with Crippen molar-refractivity contribution in [2.24, 2.45) is 0 Å². The summed E-state index contributed by atoms with van der Waals surface area (Å²) in [5.74, 6) is -0.0242. The van der Waals surface area contributed by atoms with Crippen molar-refractivity contribution in [1.82, 2.24) is 15.0 Å². The Kier molecular flexibility index (Phi) is 5.37. The number of aliphatic hydroxyl groups excluding tert-OH is 1. The van der Waals surface area contributed by atoms with Gasteiger partial charge < -0.3 is 27.5 Å². The van der Waals surface area contributed by atoms with Crippen molar-refractivity contribution in [3.05, 3.63) is 66.3 Å². The van der Waals surface area contributed by atoms with Crippen molar-refractivity contribution in [2.45, 2.75) is 25.2 Å². The average Bonchev–Trinajstić information content (AvgIpc) is 3.06. The Bertz CT molecular complexity index is 889. The smallest absolute Gasteiger partial charge is 0.249 e. The Labute approximate surface area is 174 Å². The Morgan fingerprint density at radius 3 is 2.52 bits per heavy atom. The zero-order chi connectivity index (χ0) is 20.1. The number of halogens is 1. The van der Waals surface area contributed by atoms with Crippen molar-refractivity contribution in [3.8, 4) is 5.75 Å². The summed E-state index contributed by atoms with van der Waals surface area (Å²) in [6.45, 7) is 1.76. The lowest BCUT2D eigenvalue weighted by Crippen LogP contribution is -3.00. The molecule has 0 aliphatic carbocycles. The third-order valence-electron chi connectivity index (χ3n) is 5.43. The fourth-order valence-electron chi connectivity index (χ4n) is 4.17. The average molecular weight is 423 g/mol. The number of quaternary nitrogens is 1. The highest BCUT2D eigenvalue weighted by atomic mass is 35.5. The predicted molar refractivity (Wildman–Crippen MR) is 96.9 cm³/mol. The number of fused-ring (bicyclic) bond motifs is 1. The van der Waals surface area contributed by atoms with Gasteiger partial charge in [0.2, 0.25) is 29.6 Å². The van der Waals surface area contributed by atoms with Crippen molar-refractivity contribution >= 4 is 5.78 Å². The van der Waals surface area contributed by atoms with E-state index >= 15 is 0 Å². The SMILES string of the molecule is CCC1N(O)C2=C[N+]1(O)N2C1(C(=O)c2ccc(O)cc2)C=CC=CN1CCO.[Cl-]. The van der Waals surface area contributed by atoms with Crippen molar-refractivity contribution in [2.75, 3.05) is 13.2 Å². The maximum absolute atomic E-state index is 13.7. The van der Waals surface area contributed by atoms with Gasteiger partial charge in [0.25, 0.3) is 0 Å². The lowest BCUT2D eigenvalue weighted by atomic mass is 9.92. The van der Waals surface area contributed by atoms with E-state index in [0.717, 1.165) is 5.06 Å². The van der Waals surface area contributed by atoms with Crippen LogP contribution in [0.1, 0.15) is 23.7 Å². The molecule has 1 fully saturated rings. The molecule has 4 heterocycles. The molecule has 5 rings (SSSR count). The summed E-state index contributed by atoms with van der Waals surface area (Å²) in [5, 5.41) is 43.3. The summed E-state index contributed by atoms with van der Waals surface area (Å²) in [5.41, 5.74) is -1.18. The van der Waals surface area contributed by atoms with E-state index in [2.05, 4.69) is 0 Å². The van der Waals surface area contributed by atoms with E-state index in [-0.39, 0.29) is 37.1 Å². The maximum atomic E-state index is 13.7. The molecular weight excluding hydrogens is 400 g/mol. The second-order valence-corrected chi connectivity index (χ2v) is 6.95. The van der Waals surface area contributed by atoms with E-state index in [1.54, 1.807) is 29.3 Å². The number of hydroxylamine groups is 4. The van der Waals surface area contributed by atoms with Gasteiger partial charge in [0.15, 0.2) is 0 Å². The minimum Gasteiger partial charge on any atom is -1.00 e. The van der Waals surface area contributed by atoms with E-state index in [0.29, 0.717) is 17.8 Å². The first kappa shape index (κ1) is 21.2. The highest BCUT2D eigenvalue weighted by molar-refractivity contribution is 6.05. The molecule has 0 radical (unpaired) electrons. The van der Waals surface area contributed by atoms with Gasteiger partial charge in [-0.05, 0) is 41.2 Å². The molecule has 29 heavy (non-hydrogen) atoms. The molecule has 9 nitrogen and oxygen atoms in total. The minimum absolute atomic E-state index is 0. The molecule has 2 bridgehead atoms. The summed E-state index contributed by atoms with van der Waals surface area (Å²) in [6, 6.07) is 5.84. The number of hydrogen-bond acceptors (Lipinski definition) is 8. The molecule has 0 spiro atoms. The summed E-state index contributed by atoms with van der Waals surface area (Å²) in [7, 11) is 0. The number of hydrogen-bond donors (Lipinski definition) is 4. The van der Waals surface area contributed by atoms with Crippen LogP contribution in [0.25, 0.3) is 0 Å². The van der Waals surface area contributed by atoms with Crippen LogP contribution < -0.4 is 12.4 Å². The Morgan fingerprint density at radius 2 is 1.93 bits per heavy atom. The molecule has 0 aromatic heterocycles. The van der Waals surface area contributed by atoms with E-state index in [1.807, 2.05) is 6.92 Å². The second kappa shape index (κ2) is 7.36. The van der Waals surface area contributed by atoms with E-state index in [4.69, 9.17) is 0 Å². The highest BCUT2D eigenvalue weighted by Crippen LogP contribution is 2.51.